The van der Waals surface area contributed by atoms with Crippen molar-refractivity contribution in [2.24, 2.45) is 5.73 Å². The predicted octanol–water partition coefficient (Wildman–Crippen LogP) is 0.981. The average molecular weight is 268 g/mol. The average Bonchev–Trinajstić information content (AvgIpc) is 2.44. The van der Waals surface area contributed by atoms with E-state index in [2.05, 4.69) is 4.90 Å². The largest absolute Gasteiger partial charge is 0.497 e. The summed E-state index contributed by atoms with van der Waals surface area (Å²) in [6, 6.07) is 7.59. The van der Waals surface area contributed by atoms with Gasteiger partial charge in [0.25, 0.3) is 0 Å². The Morgan fingerprint density at radius 3 is 2.26 bits per heavy atom. The van der Waals surface area contributed by atoms with Gasteiger partial charge in [-0.05, 0) is 31.3 Å². The number of likely N-dealkylation sites (N-methyl/N-ethyl adjacent to an activating group) is 1. The molecule has 0 aliphatic rings. The third-order valence-electron chi connectivity index (χ3n) is 2.68. The van der Waals surface area contributed by atoms with Crippen LogP contribution in [-0.4, -0.2) is 58.5 Å². The van der Waals surface area contributed by atoms with Gasteiger partial charge in [-0.2, -0.15) is 0 Å². The van der Waals surface area contributed by atoms with Crippen molar-refractivity contribution in [1.29, 1.82) is 0 Å². The van der Waals surface area contributed by atoms with Gasteiger partial charge in [0.2, 0.25) is 0 Å². The molecule has 0 saturated heterocycles. The van der Waals surface area contributed by atoms with Gasteiger partial charge in [-0.1, -0.05) is 0 Å². The molecule has 0 heterocycles. The van der Waals surface area contributed by atoms with E-state index in [0.29, 0.717) is 26.4 Å². The molecule has 0 fully saturated rings. The molecular formula is C14H24N2O3. The highest BCUT2D eigenvalue weighted by molar-refractivity contribution is 5.31. The summed E-state index contributed by atoms with van der Waals surface area (Å²) in [5.41, 5.74) is 5.34. The van der Waals surface area contributed by atoms with Crippen LogP contribution in [0.2, 0.25) is 0 Å². The van der Waals surface area contributed by atoms with Crippen LogP contribution in [0, 0.1) is 0 Å². The number of nitrogens with two attached hydrogens (primary N) is 1. The molecule has 0 saturated carbocycles. The summed E-state index contributed by atoms with van der Waals surface area (Å²) in [4.78, 5) is 2.17. The first-order valence-corrected chi connectivity index (χ1v) is 6.49. The second kappa shape index (κ2) is 9.61. The van der Waals surface area contributed by atoms with E-state index in [-0.39, 0.29) is 0 Å². The van der Waals surface area contributed by atoms with E-state index in [1.807, 2.05) is 31.3 Å². The van der Waals surface area contributed by atoms with E-state index in [9.17, 15) is 0 Å². The first-order valence-electron chi connectivity index (χ1n) is 6.49. The van der Waals surface area contributed by atoms with Gasteiger partial charge in [0, 0.05) is 19.6 Å². The van der Waals surface area contributed by atoms with Gasteiger partial charge >= 0.3 is 0 Å². The quantitative estimate of drug-likeness (QED) is 0.641. The van der Waals surface area contributed by atoms with Crippen LogP contribution in [0.25, 0.3) is 0 Å². The molecule has 1 aromatic carbocycles. The summed E-state index contributed by atoms with van der Waals surface area (Å²) in [5.74, 6) is 1.69. The summed E-state index contributed by atoms with van der Waals surface area (Å²) >= 11 is 0. The Bertz CT molecular complexity index is 330. The smallest absolute Gasteiger partial charge is 0.119 e. The van der Waals surface area contributed by atoms with Crippen LogP contribution in [0.1, 0.15) is 0 Å². The molecule has 0 spiro atoms. The Morgan fingerprint density at radius 1 is 1.00 bits per heavy atom. The van der Waals surface area contributed by atoms with E-state index in [4.69, 9.17) is 19.9 Å². The zero-order valence-corrected chi connectivity index (χ0v) is 11.8. The Kier molecular flexibility index (Phi) is 7.97. The van der Waals surface area contributed by atoms with Crippen molar-refractivity contribution in [3.8, 4) is 11.5 Å². The van der Waals surface area contributed by atoms with Gasteiger partial charge in [0.1, 0.15) is 18.1 Å². The summed E-state index contributed by atoms with van der Waals surface area (Å²) < 4.78 is 16.1. The van der Waals surface area contributed by atoms with E-state index in [1.54, 1.807) is 7.11 Å². The van der Waals surface area contributed by atoms with Crippen LogP contribution in [0.3, 0.4) is 0 Å². The van der Waals surface area contributed by atoms with Crippen LogP contribution in [-0.2, 0) is 4.74 Å². The topological polar surface area (TPSA) is 57.0 Å². The van der Waals surface area contributed by atoms with Crippen molar-refractivity contribution >= 4 is 0 Å². The highest BCUT2D eigenvalue weighted by Gasteiger charge is 1.99. The van der Waals surface area contributed by atoms with Crippen LogP contribution < -0.4 is 15.2 Å². The first-order chi connectivity index (χ1) is 9.26. The van der Waals surface area contributed by atoms with Gasteiger partial charge in [-0.3, -0.25) is 0 Å². The number of hydrogen-bond donors (Lipinski definition) is 1. The zero-order chi connectivity index (χ0) is 13.9. The Labute approximate surface area is 115 Å². The fourth-order valence-corrected chi connectivity index (χ4v) is 1.51. The van der Waals surface area contributed by atoms with E-state index in [1.165, 1.54) is 0 Å². The van der Waals surface area contributed by atoms with Crippen molar-refractivity contribution in [3.63, 3.8) is 0 Å². The number of benzene rings is 1. The molecule has 2 N–H and O–H groups in total. The summed E-state index contributed by atoms with van der Waals surface area (Å²) in [6.45, 7) is 4.29. The lowest BCUT2D eigenvalue weighted by Crippen LogP contribution is -2.28. The third-order valence-corrected chi connectivity index (χ3v) is 2.68. The van der Waals surface area contributed by atoms with Crippen molar-refractivity contribution in [1.82, 2.24) is 4.90 Å². The molecule has 0 aromatic heterocycles. The van der Waals surface area contributed by atoms with E-state index in [0.717, 1.165) is 24.6 Å². The lowest BCUT2D eigenvalue weighted by molar-refractivity contribution is 0.112. The number of methoxy groups -OCH3 is 1. The molecule has 0 aliphatic carbocycles. The Balaban J connectivity index is 2.11. The minimum Gasteiger partial charge on any atom is -0.497 e. The Hall–Kier alpha value is -1.30. The van der Waals surface area contributed by atoms with Crippen molar-refractivity contribution in [2.45, 2.75) is 0 Å². The molecule has 0 bridgehead atoms. The number of hydrogen-bond acceptors (Lipinski definition) is 5. The van der Waals surface area contributed by atoms with Crippen molar-refractivity contribution < 1.29 is 14.2 Å². The van der Waals surface area contributed by atoms with E-state index >= 15 is 0 Å². The third kappa shape index (κ3) is 7.00. The van der Waals surface area contributed by atoms with Crippen LogP contribution in [0.4, 0.5) is 0 Å². The molecule has 0 unspecified atom stereocenters. The molecule has 19 heavy (non-hydrogen) atoms. The lowest BCUT2D eigenvalue weighted by atomic mass is 10.3. The maximum absolute atomic E-state index is 5.65. The molecule has 0 amide bonds. The van der Waals surface area contributed by atoms with Crippen LogP contribution >= 0.6 is 0 Å². The summed E-state index contributed by atoms with van der Waals surface area (Å²) in [7, 11) is 3.70. The molecular weight excluding hydrogens is 244 g/mol. The normalized spacial score (nSPS) is 10.7. The van der Waals surface area contributed by atoms with Gasteiger partial charge in [-0.15, -0.1) is 0 Å². The number of nitrogens with zero attached hydrogens (tertiary/aromatic N) is 1. The number of rotatable bonds is 10. The standard InChI is InChI=1S/C14H24N2O3/c1-16(8-11-18-10-7-15)9-12-19-14-5-3-13(17-2)4-6-14/h3-6H,7-12,15H2,1-2H3. The lowest BCUT2D eigenvalue weighted by Gasteiger charge is -2.16. The molecule has 0 aliphatic heterocycles. The fourth-order valence-electron chi connectivity index (χ4n) is 1.51. The molecule has 108 valence electrons. The molecule has 1 aromatic rings. The highest BCUT2D eigenvalue weighted by Crippen LogP contribution is 2.16. The van der Waals surface area contributed by atoms with Crippen molar-refractivity contribution in [3.05, 3.63) is 24.3 Å². The monoisotopic (exact) mass is 268 g/mol. The van der Waals surface area contributed by atoms with Crippen molar-refractivity contribution in [2.75, 3.05) is 53.6 Å². The highest BCUT2D eigenvalue weighted by atomic mass is 16.5. The maximum Gasteiger partial charge on any atom is 0.119 e. The minimum atomic E-state index is 0.574. The second-order valence-electron chi connectivity index (χ2n) is 4.23. The SMILES string of the molecule is COc1ccc(OCCN(C)CCOCCN)cc1. The zero-order valence-electron chi connectivity index (χ0n) is 11.8. The summed E-state index contributed by atoms with van der Waals surface area (Å²) in [6.07, 6.45) is 0. The maximum atomic E-state index is 5.65. The molecule has 0 radical (unpaired) electrons. The molecule has 0 atom stereocenters. The first kappa shape index (κ1) is 15.8. The van der Waals surface area contributed by atoms with Gasteiger partial charge < -0.3 is 24.8 Å². The molecule has 5 heteroatoms. The van der Waals surface area contributed by atoms with Crippen LogP contribution in [0.15, 0.2) is 24.3 Å². The molecule has 1 rings (SSSR count). The number of ether oxygens (including phenoxy) is 3. The van der Waals surface area contributed by atoms with Gasteiger partial charge in [0.05, 0.1) is 20.3 Å². The second-order valence-corrected chi connectivity index (χ2v) is 4.23. The molecule has 5 nitrogen and oxygen atoms in total. The van der Waals surface area contributed by atoms with E-state index < -0.39 is 0 Å². The Morgan fingerprint density at radius 2 is 1.63 bits per heavy atom. The minimum absolute atomic E-state index is 0.574. The van der Waals surface area contributed by atoms with Gasteiger partial charge in [-0.25, -0.2) is 0 Å². The fraction of sp³-hybridized carbons (Fsp3) is 0.571. The predicted molar refractivity (Wildman–Crippen MR) is 75.9 cm³/mol. The van der Waals surface area contributed by atoms with Gasteiger partial charge in [0.15, 0.2) is 0 Å². The van der Waals surface area contributed by atoms with Crippen LogP contribution in [0.5, 0.6) is 11.5 Å². The summed E-state index contributed by atoms with van der Waals surface area (Å²) in [5, 5.41) is 0.